The van der Waals surface area contributed by atoms with Gasteiger partial charge in [0, 0.05) is 12.1 Å². The van der Waals surface area contributed by atoms with Gasteiger partial charge in [-0.05, 0) is 30.7 Å². The van der Waals surface area contributed by atoms with Crippen molar-refractivity contribution in [3.63, 3.8) is 0 Å². The minimum Gasteiger partial charge on any atom is -0.367 e. The van der Waals surface area contributed by atoms with Crippen molar-refractivity contribution >= 4 is 28.4 Å². The Morgan fingerprint density at radius 3 is 2.74 bits per heavy atom. The first-order valence-electron chi connectivity index (χ1n) is 8.53. The molecule has 0 radical (unpaired) electrons. The van der Waals surface area contributed by atoms with Crippen molar-refractivity contribution in [3.05, 3.63) is 75.3 Å². The second-order valence-electron chi connectivity index (χ2n) is 6.26. The van der Waals surface area contributed by atoms with Gasteiger partial charge in [0.15, 0.2) is 0 Å². The molecule has 2 aromatic carbocycles. The summed E-state index contributed by atoms with van der Waals surface area (Å²) < 4.78 is 6.88. The molecule has 0 fully saturated rings. The van der Waals surface area contributed by atoms with Crippen LogP contribution >= 0.6 is 11.6 Å². The molecule has 1 N–H and O–H groups in total. The highest BCUT2D eigenvalue weighted by atomic mass is 35.5. The van der Waals surface area contributed by atoms with E-state index in [2.05, 4.69) is 10.3 Å². The fourth-order valence-corrected chi connectivity index (χ4v) is 3.00. The maximum Gasteiger partial charge on any atom is 0.261 e. The maximum atomic E-state index is 12.5. The lowest BCUT2D eigenvalue weighted by Gasteiger charge is -2.17. The van der Waals surface area contributed by atoms with E-state index in [1.807, 2.05) is 30.3 Å². The first-order valence-corrected chi connectivity index (χ1v) is 8.90. The number of rotatable bonds is 6. The molecule has 1 aromatic heterocycles. The van der Waals surface area contributed by atoms with Gasteiger partial charge in [-0.25, -0.2) is 4.98 Å². The molecule has 0 unspecified atom stereocenters. The van der Waals surface area contributed by atoms with Crippen LogP contribution < -0.4 is 10.9 Å². The van der Waals surface area contributed by atoms with Gasteiger partial charge in [-0.15, -0.1) is 0 Å². The molecule has 0 bridgehead atoms. The van der Waals surface area contributed by atoms with Crippen LogP contribution in [-0.2, 0) is 23.2 Å². The average molecular weight is 386 g/mol. The van der Waals surface area contributed by atoms with Crippen molar-refractivity contribution in [3.8, 4) is 0 Å². The number of aromatic nitrogens is 2. The molecular weight excluding hydrogens is 366 g/mol. The van der Waals surface area contributed by atoms with Gasteiger partial charge in [0.05, 0.1) is 23.6 Å². The van der Waals surface area contributed by atoms with E-state index >= 15 is 0 Å². The number of amides is 1. The highest BCUT2D eigenvalue weighted by Crippen LogP contribution is 2.17. The van der Waals surface area contributed by atoms with Crippen LogP contribution in [0.25, 0.3) is 10.9 Å². The third-order valence-corrected chi connectivity index (χ3v) is 4.42. The first kappa shape index (κ1) is 19.1. The van der Waals surface area contributed by atoms with E-state index in [-0.39, 0.29) is 18.1 Å². The van der Waals surface area contributed by atoms with E-state index in [1.165, 1.54) is 4.57 Å². The number of carbonyl (C=O) groups excluding carboxylic acids is 1. The van der Waals surface area contributed by atoms with E-state index in [0.29, 0.717) is 28.4 Å². The Bertz CT molecular complexity index is 1020. The van der Waals surface area contributed by atoms with E-state index < -0.39 is 6.04 Å². The molecule has 1 amide bonds. The zero-order valence-electron chi connectivity index (χ0n) is 15.1. The molecule has 6 nitrogen and oxygen atoms in total. The number of halogens is 1. The Balaban J connectivity index is 1.68. The predicted octanol–water partition coefficient (Wildman–Crippen LogP) is 2.98. The number of ether oxygens (including phenoxy) is 1. The van der Waals surface area contributed by atoms with Crippen molar-refractivity contribution in [1.82, 2.24) is 14.9 Å². The van der Waals surface area contributed by atoms with Crippen LogP contribution in [0, 0.1) is 0 Å². The van der Waals surface area contributed by atoms with Gasteiger partial charge in [-0.1, -0.05) is 41.9 Å². The third-order valence-electron chi connectivity index (χ3n) is 4.18. The second kappa shape index (κ2) is 8.33. The highest BCUT2D eigenvalue weighted by Gasteiger charge is 2.16. The van der Waals surface area contributed by atoms with Crippen molar-refractivity contribution in [2.45, 2.75) is 19.6 Å². The van der Waals surface area contributed by atoms with Crippen LogP contribution in [0.5, 0.6) is 0 Å². The van der Waals surface area contributed by atoms with Gasteiger partial charge in [0.2, 0.25) is 5.91 Å². The quantitative estimate of drug-likeness (QED) is 0.708. The predicted molar refractivity (Wildman–Crippen MR) is 105 cm³/mol. The zero-order valence-corrected chi connectivity index (χ0v) is 15.9. The lowest BCUT2D eigenvalue weighted by atomic mass is 10.2. The number of nitrogens with one attached hydrogen (secondary N) is 1. The van der Waals surface area contributed by atoms with Crippen LogP contribution in [-0.4, -0.2) is 22.1 Å². The van der Waals surface area contributed by atoms with Crippen LogP contribution in [0.2, 0.25) is 5.02 Å². The zero-order chi connectivity index (χ0) is 19.4. The molecule has 0 aliphatic rings. The Morgan fingerprint density at radius 2 is 2.00 bits per heavy atom. The summed E-state index contributed by atoms with van der Waals surface area (Å²) in [5.41, 5.74) is 1.31. The highest BCUT2D eigenvalue weighted by molar-refractivity contribution is 6.31. The van der Waals surface area contributed by atoms with Crippen LogP contribution in [0.4, 0.5) is 0 Å². The van der Waals surface area contributed by atoms with Crippen LogP contribution in [0.1, 0.15) is 24.4 Å². The molecule has 0 aliphatic carbocycles. The average Bonchev–Trinajstić information content (AvgIpc) is 2.65. The summed E-state index contributed by atoms with van der Waals surface area (Å²) in [6.45, 7) is 2.05. The number of benzene rings is 2. The number of fused-ring (bicyclic) bond motifs is 1. The smallest absolute Gasteiger partial charge is 0.261 e. The van der Waals surface area contributed by atoms with Crippen molar-refractivity contribution < 1.29 is 9.53 Å². The van der Waals surface area contributed by atoms with E-state index in [4.69, 9.17) is 16.3 Å². The summed E-state index contributed by atoms with van der Waals surface area (Å²) in [6, 6.07) is 14.1. The first-order chi connectivity index (χ1) is 13.0. The van der Waals surface area contributed by atoms with E-state index in [1.54, 1.807) is 32.2 Å². The third kappa shape index (κ3) is 4.53. The van der Waals surface area contributed by atoms with E-state index in [9.17, 15) is 9.59 Å². The van der Waals surface area contributed by atoms with Crippen molar-refractivity contribution in [1.29, 1.82) is 0 Å². The minimum absolute atomic E-state index is 0.0768. The summed E-state index contributed by atoms with van der Waals surface area (Å²) in [4.78, 5) is 29.2. The summed E-state index contributed by atoms with van der Waals surface area (Å²) in [6.07, 6.45) is 0. The van der Waals surface area contributed by atoms with Crippen molar-refractivity contribution in [2.24, 2.45) is 7.05 Å². The Hall–Kier alpha value is -2.70. The lowest BCUT2D eigenvalue weighted by molar-refractivity contribution is -0.126. The van der Waals surface area contributed by atoms with Crippen molar-refractivity contribution in [2.75, 3.05) is 6.61 Å². The normalized spacial score (nSPS) is 12.1. The van der Waals surface area contributed by atoms with Gasteiger partial charge in [0.1, 0.15) is 12.4 Å². The monoisotopic (exact) mass is 385 g/mol. The molecule has 1 heterocycles. The molecule has 7 heteroatoms. The summed E-state index contributed by atoms with van der Waals surface area (Å²) in [7, 11) is 1.63. The topological polar surface area (TPSA) is 73.2 Å². The fraction of sp³-hybridized carbons (Fsp3) is 0.250. The molecule has 0 spiro atoms. The van der Waals surface area contributed by atoms with Gasteiger partial charge in [0.25, 0.3) is 5.56 Å². The van der Waals surface area contributed by atoms with E-state index in [0.717, 1.165) is 5.56 Å². The van der Waals surface area contributed by atoms with Gasteiger partial charge in [-0.3, -0.25) is 14.2 Å². The Labute approximate surface area is 161 Å². The fourth-order valence-electron chi connectivity index (χ4n) is 2.83. The Kier molecular flexibility index (Phi) is 5.88. The number of nitrogens with zero attached hydrogens (tertiary/aromatic N) is 2. The summed E-state index contributed by atoms with van der Waals surface area (Å²) >= 11 is 6.00. The molecule has 1 atom stereocenters. The molecule has 3 rings (SSSR count). The number of hydrogen-bond acceptors (Lipinski definition) is 4. The molecule has 0 saturated heterocycles. The minimum atomic E-state index is -0.459. The number of carbonyl (C=O) groups is 1. The van der Waals surface area contributed by atoms with Gasteiger partial charge >= 0.3 is 0 Å². The van der Waals surface area contributed by atoms with Crippen LogP contribution in [0.3, 0.4) is 0 Å². The lowest BCUT2D eigenvalue weighted by Crippen LogP contribution is -2.34. The van der Waals surface area contributed by atoms with Crippen LogP contribution in [0.15, 0.2) is 53.3 Å². The Morgan fingerprint density at radius 1 is 1.26 bits per heavy atom. The molecule has 140 valence electrons. The van der Waals surface area contributed by atoms with Gasteiger partial charge in [-0.2, -0.15) is 0 Å². The molecule has 3 aromatic rings. The molecule has 27 heavy (non-hydrogen) atoms. The largest absolute Gasteiger partial charge is 0.367 e. The molecule has 0 aliphatic heterocycles. The SMILES string of the molecule is C[C@@H](NC(=O)COCc1ccccc1)c1nc2cc(Cl)ccc2c(=O)n1C. The number of hydrogen-bond donors (Lipinski definition) is 1. The summed E-state index contributed by atoms with van der Waals surface area (Å²) in [5.74, 6) is 0.171. The second-order valence-corrected chi connectivity index (χ2v) is 6.70. The maximum absolute atomic E-state index is 12.5. The molecular formula is C20H20ClN3O3. The van der Waals surface area contributed by atoms with Gasteiger partial charge < -0.3 is 10.1 Å². The molecule has 0 saturated carbocycles. The standard InChI is InChI=1S/C20H20ClN3O3/c1-13(22-18(25)12-27-11-14-6-4-3-5-7-14)19-23-17-10-15(21)8-9-16(17)20(26)24(19)2/h3-10,13H,11-12H2,1-2H3,(H,22,25)/t13-/m1/s1. The summed E-state index contributed by atoms with van der Waals surface area (Å²) in [5, 5.41) is 3.79.